The van der Waals surface area contributed by atoms with Crippen molar-refractivity contribution < 1.29 is 9.53 Å². The van der Waals surface area contributed by atoms with Crippen LogP contribution < -0.4 is 10.5 Å². The molecule has 0 fully saturated rings. The number of carbonyl (C=O) groups is 1. The number of hydrogen-bond donors (Lipinski definition) is 1. The highest BCUT2D eigenvalue weighted by molar-refractivity contribution is 7.97. The molecular weight excluding hydrogens is 368 g/mol. The summed E-state index contributed by atoms with van der Waals surface area (Å²) in [6.07, 6.45) is 3.64. The monoisotopic (exact) mass is 402 g/mol. The van der Waals surface area contributed by atoms with E-state index in [4.69, 9.17) is 4.74 Å². The fourth-order valence-corrected chi connectivity index (χ4v) is 3.78. The Labute approximate surface area is 174 Å². The smallest absolute Gasteiger partial charge is 0.214 e. The summed E-state index contributed by atoms with van der Waals surface area (Å²) in [4.78, 5) is 10.5. The van der Waals surface area contributed by atoms with Gasteiger partial charge in [0.05, 0.1) is 7.11 Å². The normalized spacial score (nSPS) is 10.5. The number of methoxy groups -OCH3 is 1. The summed E-state index contributed by atoms with van der Waals surface area (Å²) in [5.74, 6) is 1.25. The molecule has 0 aliphatic carbocycles. The van der Waals surface area contributed by atoms with Crippen molar-refractivity contribution in [1.29, 1.82) is 0 Å². The van der Waals surface area contributed by atoms with Crippen molar-refractivity contribution >= 4 is 17.9 Å². The number of primary amides is 1. The summed E-state index contributed by atoms with van der Waals surface area (Å²) in [5, 5.41) is 0. The molecule has 1 amide bonds. The first kappa shape index (κ1) is 24.1. The lowest BCUT2D eigenvalue weighted by atomic mass is 10.1. The van der Waals surface area contributed by atoms with Gasteiger partial charge >= 0.3 is 0 Å². The van der Waals surface area contributed by atoms with Crippen LogP contribution in [0.1, 0.15) is 39.2 Å². The quantitative estimate of drug-likeness (QED) is 0.440. The van der Waals surface area contributed by atoms with Gasteiger partial charge in [-0.3, -0.25) is 4.79 Å². The molecule has 0 saturated heterocycles. The number of unbranched alkanes of at least 4 members (excludes halogenated alkanes) is 1. The number of carbonyl (C=O) groups excluding carboxylic acids is 1. The van der Waals surface area contributed by atoms with Crippen LogP contribution in [-0.2, 0) is 11.2 Å². The Hall–Kier alpha value is -1.98. The second kappa shape index (κ2) is 14.1. The van der Waals surface area contributed by atoms with Crippen molar-refractivity contribution in [2.24, 2.45) is 11.7 Å². The molecule has 2 aromatic carbocycles. The third kappa shape index (κ3) is 11.7. The van der Waals surface area contributed by atoms with Crippen LogP contribution in [0, 0.1) is 5.92 Å². The summed E-state index contributed by atoms with van der Waals surface area (Å²) in [6.45, 7) is 8.11. The average Bonchev–Trinajstić information content (AvgIpc) is 2.66. The molecule has 0 atom stereocenters. The molecule has 5 heteroatoms. The standard InChI is InChI=1S/C21H29NOS.C2H5NO/c1-18(2)17-22(24-21-14-12-20(23-3)13-15-21)16-8-7-11-19-9-5-4-6-10-19;1-2(3)4/h4-6,9-10,12-15,18H,7-8,11,16-17H2,1-3H3;1H3,(H2,3,4). The van der Waals surface area contributed by atoms with Gasteiger partial charge < -0.3 is 10.5 Å². The maximum Gasteiger partial charge on any atom is 0.214 e. The minimum absolute atomic E-state index is 0.333. The van der Waals surface area contributed by atoms with Crippen molar-refractivity contribution in [1.82, 2.24) is 4.31 Å². The molecule has 2 N–H and O–H groups in total. The molecule has 0 unspecified atom stereocenters. The lowest BCUT2D eigenvalue weighted by molar-refractivity contribution is -0.115. The number of nitrogens with zero attached hydrogens (tertiary/aromatic N) is 1. The summed E-state index contributed by atoms with van der Waals surface area (Å²) >= 11 is 1.86. The van der Waals surface area contributed by atoms with Gasteiger partial charge in [-0.05, 0) is 67.0 Å². The summed E-state index contributed by atoms with van der Waals surface area (Å²) in [6, 6.07) is 19.1. The van der Waals surface area contributed by atoms with Gasteiger partial charge in [-0.25, -0.2) is 4.31 Å². The van der Waals surface area contributed by atoms with Crippen molar-refractivity contribution in [3.8, 4) is 5.75 Å². The van der Waals surface area contributed by atoms with Crippen molar-refractivity contribution in [2.45, 2.75) is 44.9 Å². The molecule has 0 saturated carbocycles. The van der Waals surface area contributed by atoms with Crippen molar-refractivity contribution in [3.05, 3.63) is 60.2 Å². The van der Waals surface area contributed by atoms with E-state index in [0.717, 1.165) is 18.8 Å². The fraction of sp³-hybridized carbons (Fsp3) is 0.435. The first-order chi connectivity index (χ1) is 13.4. The number of ether oxygens (including phenoxy) is 1. The van der Waals surface area contributed by atoms with Gasteiger partial charge in [0.15, 0.2) is 0 Å². The van der Waals surface area contributed by atoms with Gasteiger partial charge in [0.1, 0.15) is 5.75 Å². The van der Waals surface area contributed by atoms with Gasteiger partial charge in [-0.1, -0.05) is 44.2 Å². The van der Waals surface area contributed by atoms with E-state index in [1.807, 2.05) is 24.1 Å². The first-order valence-corrected chi connectivity index (χ1v) is 10.5. The van der Waals surface area contributed by atoms with E-state index in [1.165, 1.54) is 36.6 Å². The highest BCUT2D eigenvalue weighted by atomic mass is 32.2. The Morgan fingerprint density at radius 3 is 2.21 bits per heavy atom. The third-order valence-electron chi connectivity index (χ3n) is 3.83. The molecule has 2 aromatic rings. The Kier molecular flexibility index (Phi) is 12.1. The number of amides is 1. The topological polar surface area (TPSA) is 55.6 Å². The molecule has 28 heavy (non-hydrogen) atoms. The van der Waals surface area contributed by atoms with Crippen LogP contribution >= 0.6 is 11.9 Å². The number of hydrogen-bond acceptors (Lipinski definition) is 4. The molecule has 0 heterocycles. The molecule has 2 rings (SSSR count). The zero-order chi connectivity index (χ0) is 20.8. The summed E-state index contributed by atoms with van der Waals surface area (Å²) in [7, 11) is 1.71. The van der Waals surface area contributed by atoms with Crippen LogP contribution in [0.2, 0.25) is 0 Å². The van der Waals surface area contributed by atoms with Crippen molar-refractivity contribution in [3.63, 3.8) is 0 Å². The van der Waals surface area contributed by atoms with Gasteiger partial charge in [0, 0.05) is 24.9 Å². The highest BCUT2D eigenvalue weighted by Gasteiger charge is 2.09. The van der Waals surface area contributed by atoms with Gasteiger partial charge in [-0.2, -0.15) is 0 Å². The summed E-state index contributed by atoms with van der Waals surface area (Å²) in [5.41, 5.74) is 5.91. The molecule has 0 spiro atoms. The summed E-state index contributed by atoms with van der Waals surface area (Å²) < 4.78 is 7.73. The molecule has 0 aliphatic rings. The van der Waals surface area contributed by atoms with Crippen LogP contribution in [-0.4, -0.2) is 30.4 Å². The molecule has 0 radical (unpaired) electrons. The van der Waals surface area contributed by atoms with E-state index in [-0.39, 0.29) is 5.91 Å². The Morgan fingerprint density at radius 2 is 1.68 bits per heavy atom. The number of aryl methyl sites for hydroxylation is 1. The Bertz CT molecular complexity index is 656. The maximum absolute atomic E-state index is 9.22. The van der Waals surface area contributed by atoms with E-state index in [0.29, 0.717) is 5.92 Å². The predicted molar refractivity (Wildman–Crippen MR) is 120 cm³/mol. The SMILES string of the molecule is CC(N)=O.COc1ccc(SN(CCCCc2ccccc2)CC(C)C)cc1. The molecule has 4 nitrogen and oxygen atoms in total. The second-order valence-corrected chi connectivity index (χ2v) is 8.27. The van der Waals surface area contributed by atoms with Gasteiger partial charge in [0.2, 0.25) is 5.91 Å². The second-order valence-electron chi connectivity index (χ2n) is 7.10. The lowest BCUT2D eigenvalue weighted by Crippen LogP contribution is -2.22. The van der Waals surface area contributed by atoms with Crippen LogP contribution in [0.15, 0.2) is 59.5 Å². The molecular formula is C23H34N2O2S. The van der Waals surface area contributed by atoms with Crippen LogP contribution in [0.3, 0.4) is 0 Å². The Morgan fingerprint density at radius 1 is 1.07 bits per heavy atom. The number of benzene rings is 2. The third-order valence-corrected chi connectivity index (χ3v) is 4.90. The van der Waals surface area contributed by atoms with Crippen LogP contribution in [0.5, 0.6) is 5.75 Å². The molecule has 0 aliphatic heterocycles. The van der Waals surface area contributed by atoms with E-state index in [1.54, 1.807) is 7.11 Å². The zero-order valence-corrected chi connectivity index (χ0v) is 18.4. The molecule has 0 aromatic heterocycles. The van der Waals surface area contributed by atoms with Gasteiger partial charge in [0.25, 0.3) is 0 Å². The number of nitrogens with two attached hydrogens (primary N) is 1. The largest absolute Gasteiger partial charge is 0.497 e. The van der Waals surface area contributed by atoms with Crippen LogP contribution in [0.25, 0.3) is 0 Å². The average molecular weight is 403 g/mol. The fourth-order valence-electron chi connectivity index (χ4n) is 2.63. The van der Waals surface area contributed by atoms with Gasteiger partial charge in [-0.15, -0.1) is 0 Å². The minimum Gasteiger partial charge on any atom is -0.497 e. The predicted octanol–water partition coefficient (Wildman–Crippen LogP) is 5.17. The van der Waals surface area contributed by atoms with E-state index < -0.39 is 0 Å². The number of rotatable bonds is 10. The van der Waals surface area contributed by atoms with E-state index >= 15 is 0 Å². The van der Waals surface area contributed by atoms with E-state index in [2.05, 4.69) is 66.4 Å². The minimum atomic E-state index is -0.333. The maximum atomic E-state index is 9.22. The van der Waals surface area contributed by atoms with Crippen molar-refractivity contribution in [2.75, 3.05) is 20.2 Å². The van der Waals surface area contributed by atoms with E-state index in [9.17, 15) is 4.79 Å². The van der Waals surface area contributed by atoms with Crippen LogP contribution in [0.4, 0.5) is 0 Å². The lowest BCUT2D eigenvalue weighted by Gasteiger charge is -2.23. The zero-order valence-electron chi connectivity index (χ0n) is 17.6. The molecule has 154 valence electrons. The Balaban J connectivity index is 0.000000892. The highest BCUT2D eigenvalue weighted by Crippen LogP contribution is 2.26. The molecule has 0 bridgehead atoms. The first-order valence-electron chi connectivity index (χ1n) is 9.77.